The number of nitrogen functional groups attached to an aromatic ring is 1. The number of aromatic nitrogens is 4. The van der Waals surface area contributed by atoms with Gasteiger partial charge in [-0.15, -0.1) is 0 Å². The summed E-state index contributed by atoms with van der Waals surface area (Å²) in [6, 6.07) is 7.59. The minimum Gasteiger partial charge on any atom is -0.494 e. The summed E-state index contributed by atoms with van der Waals surface area (Å²) < 4.78 is 7.00. The van der Waals surface area contributed by atoms with E-state index < -0.39 is 0 Å². The highest BCUT2D eigenvalue weighted by molar-refractivity contribution is 5.86. The SMILES string of the molecule is COc1ccccc1-n1ncc2c(N)ncnc21. The van der Waals surface area contributed by atoms with Gasteiger partial charge in [-0.25, -0.2) is 14.6 Å². The molecule has 2 heterocycles. The molecule has 18 heavy (non-hydrogen) atoms. The molecule has 0 atom stereocenters. The van der Waals surface area contributed by atoms with E-state index in [-0.39, 0.29) is 0 Å². The van der Waals surface area contributed by atoms with Crippen molar-refractivity contribution in [1.29, 1.82) is 0 Å². The number of nitrogens with zero attached hydrogens (tertiary/aromatic N) is 4. The van der Waals surface area contributed by atoms with Crippen LogP contribution in [-0.4, -0.2) is 26.9 Å². The van der Waals surface area contributed by atoms with Crippen LogP contribution in [0, 0.1) is 0 Å². The second kappa shape index (κ2) is 3.99. The Labute approximate surface area is 103 Å². The number of ether oxygens (including phenoxy) is 1. The summed E-state index contributed by atoms with van der Waals surface area (Å²) in [4.78, 5) is 8.15. The lowest BCUT2D eigenvalue weighted by Gasteiger charge is -2.08. The molecule has 0 aliphatic carbocycles. The molecule has 2 aromatic heterocycles. The number of benzene rings is 1. The molecule has 0 fully saturated rings. The summed E-state index contributed by atoms with van der Waals surface area (Å²) in [5.74, 6) is 1.14. The molecular formula is C12H11N5O. The van der Waals surface area contributed by atoms with Gasteiger partial charge >= 0.3 is 0 Å². The van der Waals surface area contributed by atoms with Gasteiger partial charge in [0.05, 0.1) is 18.7 Å². The third-order valence-electron chi connectivity index (χ3n) is 2.71. The number of fused-ring (bicyclic) bond motifs is 1. The first-order valence-corrected chi connectivity index (χ1v) is 5.39. The van der Waals surface area contributed by atoms with Gasteiger partial charge in [-0.2, -0.15) is 5.10 Å². The van der Waals surface area contributed by atoms with Gasteiger partial charge in [-0.05, 0) is 12.1 Å². The first kappa shape index (κ1) is 10.5. The van der Waals surface area contributed by atoms with Crippen LogP contribution in [0.15, 0.2) is 36.8 Å². The number of para-hydroxylation sites is 2. The van der Waals surface area contributed by atoms with Crippen molar-refractivity contribution in [2.45, 2.75) is 0 Å². The molecule has 0 saturated heterocycles. The third kappa shape index (κ3) is 1.46. The van der Waals surface area contributed by atoms with Crippen LogP contribution in [0.3, 0.4) is 0 Å². The average Bonchev–Trinajstić information content (AvgIpc) is 2.84. The first-order valence-electron chi connectivity index (χ1n) is 5.39. The molecule has 0 aliphatic heterocycles. The lowest BCUT2D eigenvalue weighted by Crippen LogP contribution is -2.01. The minimum atomic E-state index is 0.418. The Morgan fingerprint density at radius 2 is 2.06 bits per heavy atom. The number of nitrogens with two attached hydrogens (primary N) is 1. The largest absolute Gasteiger partial charge is 0.494 e. The molecule has 1 aromatic carbocycles. The van der Waals surface area contributed by atoms with Gasteiger partial charge in [0.25, 0.3) is 0 Å². The van der Waals surface area contributed by atoms with E-state index in [9.17, 15) is 0 Å². The van der Waals surface area contributed by atoms with E-state index in [1.54, 1.807) is 18.0 Å². The van der Waals surface area contributed by atoms with Crippen LogP contribution >= 0.6 is 0 Å². The van der Waals surface area contributed by atoms with Crippen LogP contribution in [0.2, 0.25) is 0 Å². The zero-order chi connectivity index (χ0) is 12.5. The number of anilines is 1. The number of hydrogen-bond acceptors (Lipinski definition) is 5. The molecule has 0 spiro atoms. The Hall–Kier alpha value is -2.63. The van der Waals surface area contributed by atoms with Gasteiger partial charge in [0, 0.05) is 0 Å². The Bertz CT molecular complexity index is 707. The maximum absolute atomic E-state index is 5.78. The molecule has 6 nitrogen and oxygen atoms in total. The van der Waals surface area contributed by atoms with Gasteiger partial charge in [0.2, 0.25) is 0 Å². The number of hydrogen-bond donors (Lipinski definition) is 1. The minimum absolute atomic E-state index is 0.418. The number of rotatable bonds is 2. The van der Waals surface area contributed by atoms with Crippen molar-refractivity contribution in [2.75, 3.05) is 12.8 Å². The summed E-state index contributed by atoms with van der Waals surface area (Å²) in [5.41, 5.74) is 7.25. The average molecular weight is 241 g/mol. The van der Waals surface area contributed by atoms with Crippen molar-refractivity contribution in [2.24, 2.45) is 0 Å². The lowest BCUT2D eigenvalue weighted by molar-refractivity contribution is 0.412. The quantitative estimate of drug-likeness (QED) is 0.733. The normalized spacial score (nSPS) is 10.7. The molecule has 0 bridgehead atoms. The zero-order valence-electron chi connectivity index (χ0n) is 9.74. The predicted octanol–water partition coefficient (Wildman–Crippen LogP) is 1.41. The molecule has 0 amide bonds. The predicted molar refractivity (Wildman–Crippen MR) is 67.6 cm³/mol. The van der Waals surface area contributed by atoms with Crippen molar-refractivity contribution in [1.82, 2.24) is 19.7 Å². The topological polar surface area (TPSA) is 78.9 Å². The van der Waals surface area contributed by atoms with E-state index in [0.717, 1.165) is 16.8 Å². The Kier molecular flexibility index (Phi) is 2.33. The van der Waals surface area contributed by atoms with Crippen LogP contribution in [0.4, 0.5) is 5.82 Å². The Balaban J connectivity index is 2.29. The fourth-order valence-electron chi connectivity index (χ4n) is 1.84. The Morgan fingerprint density at radius 3 is 2.89 bits per heavy atom. The monoisotopic (exact) mass is 241 g/mol. The molecule has 3 aromatic rings. The molecule has 3 rings (SSSR count). The maximum atomic E-state index is 5.78. The van der Waals surface area contributed by atoms with Gasteiger partial charge in [0.15, 0.2) is 5.65 Å². The van der Waals surface area contributed by atoms with Crippen LogP contribution in [0.25, 0.3) is 16.7 Å². The molecule has 0 aliphatic rings. The highest BCUT2D eigenvalue weighted by Gasteiger charge is 2.12. The van der Waals surface area contributed by atoms with Crippen LogP contribution in [0.1, 0.15) is 0 Å². The highest BCUT2D eigenvalue weighted by Crippen LogP contribution is 2.25. The molecule has 6 heteroatoms. The van der Waals surface area contributed by atoms with E-state index >= 15 is 0 Å². The summed E-state index contributed by atoms with van der Waals surface area (Å²) in [7, 11) is 1.62. The molecule has 0 saturated carbocycles. The maximum Gasteiger partial charge on any atom is 0.168 e. The van der Waals surface area contributed by atoms with Gasteiger partial charge in [0.1, 0.15) is 23.6 Å². The van der Waals surface area contributed by atoms with Gasteiger partial charge in [-0.3, -0.25) is 0 Å². The van der Waals surface area contributed by atoms with E-state index in [1.165, 1.54) is 6.33 Å². The van der Waals surface area contributed by atoms with Crippen molar-refractivity contribution >= 4 is 16.9 Å². The molecular weight excluding hydrogens is 230 g/mol. The van der Waals surface area contributed by atoms with Crippen molar-refractivity contribution in [3.63, 3.8) is 0 Å². The third-order valence-corrected chi connectivity index (χ3v) is 2.71. The van der Waals surface area contributed by atoms with Gasteiger partial charge < -0.3 is 10.5 Å². The van der Waals surface area contributed by atoms with Gasteiger partial charge in [-0.1, -0.05) is 12.1 Å². The van der Waals surface area contributed by atoms with E-state index in [2.05, 4.69) is 15.1 Å². The first-order chi connectivity index (χ1) is 8.81. The van der Waals surface area contributed by atoms with Crippen LogP contribution in [0.5, 0.6) is 5.75 Å². The lowest BCUT2D eigenvalue weighted by atomic mass is 10.3. The van der Waals surface area contributed by atoms with E-state index in [1.807, 2.05) is 24.3 Å². The number of methoxy groups -OCH3 is 1. The highest BCUT2D eigenvalue weighted by atomic mass is 16.5. The molecule has 2 N–H and O–H groups in total. The summed E-state index contributed by atoms with van der Waals surface area (Å²) in [5, 5.41) is 5.01. The summed E-state index contributed by atoms with van der Waals surface area (Å²) >= 11 is 0. The zero-order valence-corrected chi connectivity index (χ0v) is 9.74. The standard InChI is InChI=1S/C12H11N5O/c1-18-10-5-3-2-4-9(10)17-12-8(6-16-17)11(13)14-7-15-12/h2-7H,1H3,(H2,13,14,15). The summed E-state index contributed by atoms with van der Waals surface area (Å²) in [6.45, 7) is 0. The van der Waals surface area contributed by atoms with Crippen molar-refractivity contribution in [3.05, 3.63) is 36.8 Å². The van der Waals surface area contributed by atoms with Crippen molar-refractivity contribution < 1.29 is 4.74 Å². The smallest absolute Gasteiger partial charge is 0.168 e. The molecule has 90 valence electrons. The fraction of sp³-hybridized carbons (Fsp3) is 0.0833. The van der Waals surface area contributed by atoms with Crippen LogP contribution in [-0.2, 0) is 0 Å². The van der Waals surface area contributed by atoms with Crippen LogP contribution < -0.4 is 10.5 Å². The molecule has 0 radical (unpaired) electrons. The van der Waals surface area contributed by atoms with E-state index in [4.69, 9.17) is 10.5 Å². The second-order valence-corrected chi connectivity index (χ2v) is 3.72. The van der Waals surface area contributed by atoms with Crippen molar-refractivity contribution in [3.8, 4) is 11.4 Å². The Morgan fingerprint density at radius 1 is 1.22 bits per heavy atom. The van der Waals surface area contributed by atoms with E-state index in [0.29, 0.717) is 11.5 Å². The fourth-order valence-corrected chi connectivity index (χ4v) is 1.84. The summed E-state index contributed by atoms with van der Waals surface area (Å²) in [6.07, 6.45) is 3.07. The second-order valence-electron chi connectivity index (χ2n) is 3.72. The molecule has 0 unspecified atom stereocenters.